The number of nitrogens with zero attached hydrogens (tertiary/aromatic N) is 2. The van der Waals surface area contributed by atoms with Crippen LogP contribution in [0, 0.1) is 5.92 Å². The van der Waals surface area contributed by atoms with Gasteiger partial charge in [-0.1, -0.05) is 13.0 Å². The average molecular weight is 337 g/mol. The van der Waals surface area contributed by atoms with Crippen molar-refractivity contribution in [3.63, 3.8) is 0 Å². The molecule has 23 heavy (non-hydrogen) atoms. The average Bonchev–Trinajstić information content (AvgIpc) is 3.11. The molecule has 6 heteroatoms. The van der Waals surface area contributed by atoms with E-state index in [0.29, 0.717) is 18.3 Å². The quantitative estimate of drug-likeness (QED) is 0.641. The second-order valence-corrected chi connectivity index (χ2v) is 7.13. The van der Waals surface area contributed by atoms with Crippen molar-refractivity contribution in [3.05, 3.63) is 22.4 Å². The molecule has 1 aliphatic heterocycles. The van der Waals surface area contributed by atoms with E-state index in [1.807, 2.05) is 7.05 Å². The first-order valence-corrected chi connectivity index (χ1v) is 9.21. The summed E-state index contributed by atoms with van der Waals surface area (Å²) in [7, 11) is 3.55. The lowest BCUT2D eigenvalue weighted by atomic mass is 9.93. The Morgan fingerprint density at radius 3 is 2.78 bits per heavy atom. The van der Waals surface area contributed by atoms with Crippen molar-refractivity contribution in [2.45, 2.75) is 32.1 Å². The molecule has 2 rings (SSSR count). The zero-order valence-corrected chi connectivity index (χ0v) is 15.2. The van der Waals surface area contributed by atoms with E-state index in [0.717, 1.165) is 38.4 Å². The summed E-state index contributed by atoms with van der Waals surface area (Å²) in [5.74, 6) is 2.11. The van der Waals surface area contributed by atoms with E-state index >= 15 is 0 Å². The summed E-state index contributed by atoms with van der Waals surface area (Å²) < 4.78 is 0. The summed E-state index contributed by atoms with van der Waals surface area (Å²) in [6.45, 7) is 5.07. The topological polar surface area (TPSA) is 56.7 Å². The molecule has 1 fully saturated rings. The Kier molecular flexibility index (Phi) is 6.89. The Morgan fingerprint density at radius 1 is 1.48 bits per heavy atom. The zero-order valence-electron chi connectivity index (χ0n) is 14.3. The fourth-order valence-corrected chi connectivity index (χ4v) is 3.75. The van der Waals surface area contributed by atoms with Gasteiger partial charge in [0.15, 0.2) is 5.96 Å². The zero-order chi connectivity index (χ0) is 16.7. The maximum atomic E-state index is 11.5. The third-order valence-electron chi connectivity index (χ3n) is 4.47. The molecule has 0 bridgehead atoms. The molecule has 0 spiro atoms. The molecule has 1 amide bonds. The van der Waals surface area contributed by atoms with E-state index in [9.17, 15) is 4.79 Å². The first kappa shape index (κ1) is 17.8. The summed E-state index contributed by atoms with van der Waals surface area (Å²) >= 11 is 1.80. The van der Waals surface area contributed by atoms with Crippen LogP contribution in [-0.4, -0.2) is 50.5 Å². The Labute approximate surface area is 143 Å². The summed E-state index contributed by atoms with van der Waals surface area (Å²) in [5.41, 5.74) is 0. The van der Waals surface area contributed by atoms with Crippen molar-refractivity contribution >= 4 is 23.2 Å². The van der Waals surface area contributed by atoms with Crippen LogP contribution in [0.15, 0.2) is 22.5 Å². The van der Waals surface area contributed by atoms with Gasteiger partial charge in [-0.05, 0) is 30.2 Å². The molecule has 2 heterocycles. The van der Waals surface area contributed by atoms with E-state index in [-0.39, 0.29) is 5.91 Å². The molecule has 1 saturated heterocycles. The number of likely N-dealkylation sites (tertiary alicyclic amines) is 1. The molecule has 1 atom stereocenters. The second kappa shape index (κ2) is 8.91. The van der Waals surface area contributed by atoms with Crippen LogP contribution in [0.2, 0.25) is 0 Å². The fraction of sp³-hybridized carbons (Fsp3) is 0.647. The summed E-state index contributed by atoms with van der Waals surface area (Å²) in [4.78, 5) is 19.6. The number of piperidine rings is 1. The highest BCUT2D eigenvalue weighted by Gasteiger charge is 2.23. The van der Waals surface area contributed by atoms with Crippen LogP contribution >= 0.6 is 11.3 Å². The summed E-state index contributed by atoms with van der Waals surface area (Å²) in [6, 6.07) is 4.28. The highest BCUT2D eigenvalue weighted by atomic mass is 32.1. The molecule has 5 nitrogen and oxygen atoms in total. The number of carbonyl (C=O) groups is 1. The smallest absolute Gasteiger partial charge is 0.220 e. The highest BCUT2D eigenvalue weighted by molar-refractivity contribution is 7.10. The molecule has 0 radical (unpaired) electrons. The predicted octanol–water partition coefficient (Wildman–Crippen LogP) is 2.28. The minimum absolute atomic E-state index is 0.149. The van der Waals surface area contributed by atoms with Crippen LogP contribution in [0.1, 0.15) is 37.0 Å². The maximum absolute atomic E-state index is 11.5. The molecule has 128 valence electrons. The van der Waals surface area contributed by atoms with E-state index in [1.165, 1.54) is 4.88 Å². The Bertz CT molecular complexity index is 507. The minimum atomic E-state index is 0.149. The van der Waals surface area contributed by atoms with Gasteiger partial charge in [-0.15, -0.1) is 11.3 Å². The van der Waals surface area contributed by atoms with Gasteiger partial charge >= 0.3 is 0 Å². The molecular formula is C17H28N4OS. The fourth-order valence-electron chi connectivity index (χ4n) is 2.96. The summed E-state index contributed by atoms with van der Waals surface area (Å²) in [6.07, 6.45) is 2.75. The predicted molar refractivity (Wildman–Crippen MR) is 97.1 cm³/mol. The summed E-state index contributed by atoms with van der Waals surface area (Å²) in [5, 5.41) is 8.34. The molecule has 2 N–H and O–H groups in total. The van der Waals surface area contributed by atoms with Gasteiger partial charge in [-0.2, -0.15) is 0 Å². The Hall–Kier alpha value is -1.56. The lowest BCUT2D eigenvalue weighted by Crippen LogP contribution is -2.46. The van der Waals surface area contributed by atoms with Gasteiger partial charge in [-0.3, -0.25) is 9.79 Å². The van der Waals surface area contributed by atoms with Crippen LogP contribution in [0.25, 0.3) is 0 Å². The van der Waals surface area contributed by atoms with Gasteiger partial charge in [0.1, 0.15) is 0 Å². The number of amides is 1. The van der Waals surface area contributed by atoms with Crippen molar-refractivity contribution in [1.82, 2.24) is 15.5 Å². The van der Waals surface area contributed by atoms with Gasteiger partial charge in [-0.25, -0.2) is 0 Å². The lowest BCUT2D eigenvalue weighted by molar-refractivity contribution is -0.121. The molecular weight excluding hydrogens is 308 g/mol. The van der Waals surface area contributed by atoms with Gasteiger partial charge in [0.05, 0.1) is 0 Å². The van der Waals surface area contributed by atoms with Crippen molar-refractivity contribution < 1.29 is 4.79 Å². The molecule has 1 aromatic heterocycles. The van der Waals surface area contributed by atoms with Crippen molar-refractivity contribution in [3.8, 4) is 0 Å². The van der Waals surface area contributed by atoms with E-state index in [4.69, 9.17) is 0 Å². The van der Waals surface area contributed by atoms with Crippen LogP contribution in [0.4, 0.5) is 0 Å². The molecule has 1 aliphatic rings. The first-order valence-electron chi connectivity index (χ1n) is 8.33. The van der Waals surface area contributed by atoms with E-state index in [2.05, 4.69) is 45.0 Å². The largest absolute Gasteiger partial charge is 0.359 e. The Balaban J connectivity index is 1.78. The third kappa shape index (κ3) is 5.23. The van der Waals surface area contributed by atoms with Crippen LogP contribution < -0.4 is 10.6 Å². The highest BCUT2D eigenvalue weighted by Crippen LogP contribution is 2.22. The van der Waals surface area contributed by atoms with Gasteiger partial charge in [0.25, 0.3) is 0 Å². The number of hydrogen-bond donors (Lipinski definition) is 2. The van der Waals surface area contributed by atoms with Crippen LogP contribution in [0.5, 0.6) is 0 Å². The first-order chi connectivity index (χ1) is 11.1. The van der Waals surface area contributed by atoms with E-state index < -0.39 is 0 Å². The number of thiophene rings is 1. The standard InChI is InChI=1S/C17H28N4OS/c1-13(15-5-4-10-23-15)12-20-17(19-3)21-8-6-14(7-9-21)11-16(22)18-2/h4-5,10,13-14H,6-9,11-12H2,1-3H3,(H,18,22)(H,19,20). The normalized spacial score (nSPS) is 17.9. The number of aliphatic imine (C=N–C) groups is 1. The molecule has 1 unspecified atom stereocenters. The number of hydrogen-bond acceptors (Lipinski definition) is 3. The number of carbonyl (C=O) groups excluding carboxylic acids is 1. The lowest BCUT2D eigenvalue weighted by Gasteiger charge is -2.34. The SMILES string of the molecule is CN=C(NCC(C)c1cccs1)N1CCC(CC(=O)NC)CC1. The number of nitrogens with one attached hydrogen (secondary N) is 2. The number of rotatable bonds is 5. The molecule has 0 aromatic carbocycles. The second-order valence-electron chi connectivity index (χ2n) is 6.15. The third-order valence-corrected chi connectivity index (χ3v) is 5.58. The monoisotopic (exact) mass is 336 g/mol. The van der Waals surface area contributed by atoms with Crippen molar-refractivity contribution in [1.29, 1.82) is 0 Å². The molecule has 0 aliphatic carbocycles. The maximum Gasteiger partial charge on any atom is 0.220 e. The molecule has 0 saturated carbocycles. The Morgan fingerprint density at radius 2 is 2.22 bits per heavy atom. The van der Waals surface area contributed by atoms with E-state index in [1.54, 1.807) is 18.4 Å². The number of guanidine groups is 1. The van der Waals surface area contributed by atoms with Crippen LogP contribution in [-0.2, 0) is 4.79 Å². The van der Waals surface area contributed by atoms with Crippen molar-refractivity contribution in [2.75, 3.05) is 33.7 Å². The van der Waals surface area contributed by atoms with Gasteiger partial charge in [0.2, 0.25) is 5.91 Å². The van der Waals surface area contributed by atoms with Crippen LogP contribution in [0.3, 0.4) is 0 Å². The minimum Gasteiger partial charge on any atom is -0.359 e. The van der Waals surface area contributed by atoms with Gasteiger partial charge < -0.3 is 15.5 Å². The van der Waals surface area contributed by atoms with Gasteiger partial charge in [0, 0.05) is 50.9 Å². The molecule has 1 aromatic rings. The van der Waals surface area contributed by atoms with Crippen molar-refractivity contribution in [2.24, 2.45) is 10.9 Å².